The number of hydrogen-bond donors (Lipinski definition) is 0. The molecule has 0 unspecified atom stereocenters. The fourth-order valence-corrected chi connectivity index (χ4v) is 0. The minimum absolute atomic E-state index is 0.278. The Bertz CT molecular complexity index is 21.4. The first-order chi connectivity index (χ1) is 3.15. The monoisotopic (exact) mass is 475 g/mol. The molecule has 0 aromatic rings. The molecule has 0 aromatic heterocycles. The molecule has 0 saturated carbocycles. The summed E-state index contributed by atoms with van der Waals surface area (Å²) in [5.74, 6) is 0. The van der Waals surface area contributed by atoms with Crippen molar-refractivity contribution in [2.24, 2.45) is 0 Å². The predicted molar refractivity (Wildman–Crippen MR) is 57.7 cm³/mol. The molecule has 0 aliphatic rings. The predicted octanol–water partition coefficient (Wildman–Crippen LogP) is 3.89. The fourth-order valence-electron chi connectivity index (χ4n) is 0. The number of rotatable bonds is 0. The van der Waals surface area contributed by atoms with Crippen LogP contribution in [0, 0.1) is 6.92 Å². The molecular formula is C3H7I3V-. The van der Waals surface area contributed by atoms with Gasteiger partial charge in [-0.25, -0.2) is 0 Å². The molecule has 0 atom stereocenters. The summed E-state index contributed by atoms with van der Waals surface area (Å²) >= 11 is 7.39. The van der Waals surface area contributed by atoms with E-state index in [-0.39, 0.29) is 4.92 Å². The van der Waals surface area contributed by atoms with E-state index in [0.717, 1.165) is 6.42 Å². The van der Waals surface area contributed by atoms with E-state index in [9.17, 15) is 0 Å². The average Bonchev–Trinajstić information content (AvgIpc) is 1.33. The molecule has 0 bridgehead atoms. The van der Waals surface area contributed by atoms with E-state index in [1.54, 1.807) is 0 Å². The van der Waals surface area contributed by atoms with Crippen LogP contribution in [0.15, 0.2) is 0 Å². The molecule has 0 heterocycles. The van der Waals surface area contributed by atoms with Gasteiger partial charge in [-0.2, -0.15) is 6.42 Å². The molecule has 0 nitrogen and oxygen atoms in total. The molecule has 0 aliphatic heterocycles. The van der Waals surface area contributed by atoms with Gasteiger partial charge in [0.25, 0.3) is 0 Å². The summed E-state index contributed by atoms with van der Waals surface area (Å²) in [4.78, 5) is -0.278. The van der Waals surface area contributed by atoms with Crippen LogP contribution in [-0.2, 0) is 4.92 Å². The standard InChI is InChI=1S/C3H7.3HI.V/c1-3-2;;;;/h1,3H2,2H3;3*1H;/q-1;;;;+3/p-3. The molecule has 0 saturated heterocycles. The van der Waals surface area contributed by atoms with Gasteiger partial charge in [0.05, 0.1) is 0 Å². The first-order valence-corrected chi connectivity index (χ1v) is 15.2. The van der Waals surface area contributed by atoms with Crippen LogP contribution in [-0.4, -0.2) is 0 Å². The Hall–Kier alpha value is 2.77. The summed E-state index contributed by atoms with van der Waals surface area (Å²) in [5, 5.41) is 0. The zero-order chi connectivity index (χ0) is 6.28. The van der Waals surface area contributed by atoms with Crippen LogP contribution >= 0.6 is 59.9 Å². The van der Waals surface area contributed by atoms with E-state index < -0.39 is 0 Å². The van der Waals surface area contributed by atoms with Crippen molar-refractivity contribution < 1.29 is 4.92 Å². The van der Waals surface area contributed by atoms with E-state index in [1.165, 1.54) is 0 Å². The van der Waals surface area contributed by atoms with Crippen LogP contribution in [0.2, 0.25) is 0 Å². The topological polar surface area (TPSA) is 0 Å². The van der Waals surface area contributed by atoms with Crippen LogP contribution in [0.4, 0.5) is 0 Å². The van der Waals surface area contributed by atoms with Gasteiger partial charge in [0.1, 0.15) is 0 Å². The Balaban J connectivity index is 0. The zero-order valence-corrected chi connectivity index (χ0v) is 11.9. The first kappa shape index (κ1) is 12.5. The van der Waals surface area contributed by atoms with E-state index in [0.29, 0.717) is 0 Å². The Morgan fingerprint density at radius 3 is 1.43 bits per heavy atom. The van der Waals surface area contributed by atoms with E-state index in [4.69, 9.17) is 0 Å². The van der Waals surface area contributed by atoms with Gasteiger partial charge in [0.15, 0.2) is 0 Å². The molecule has 0 spiro atoms. The summed E-state index contributed by atoms with van der Waals surface area (Å²) in [7, 11) is 0. The number of halogens is 3. The SMILES string of the molecule is [CH2-]CC.[I][V]([I])[I]. The van der Waals surface area contributed by atoms with Crippen LogP contribution in [0.3, 0.4) is 0 Å². The van der Waals surface area contributed by atoms with Gasteiger partial charge < -0.3 is 6.92 Å². The fraction of sp³-hybridized carbons (Fsp3) is 0.667. The van der Waals surface area contributed by atoms with Gasteiger partial charge in [0, 0.05) is 0 Å². The Morgan fingerprint density at radius 1 is 1.43 bits per heavy atom. The second kappa shape index (κ2) is 11.6. The van der Waals surface area contributed by atoms with Gasteiger partial charge >= 0.3 is 64.9 Å². The minimum atomic E-state index is -0.278. The summed E-state index contributed by atoms with van der Waals surface area (Å²) in [6.07, 6.45) is 1.00. The molecule has 4 heteroatoms. The van der Waals surface area contributed by atoms with Crippen LogP contribution in [0.5, 0.6) is 0 Å². The zero-order valence-electron chi connectivity index (χ0n) is 4.00. The van der Waals surface area contributed by atoms with Crippen molar-refractivity contribution in [2.45, 2.75) is 13.3 Å². The normalized spacial score (nSPS) is 7.71. The van der Waals surface area contributed by atoms with Gasteiger partial charge in [-0.3, -0.25) is 0 Å². The van der Waals surface area contributed by atoms with E-state index in [2.05, 4.69) is 66.9 Å². The van der Waals surface area contributed by atoms with Crippen molar-refractivity contribution in [1.82, 2.24) is 0 Å². The Labute approximate surface area is 83.3 Å². The molecule has 46 valence electrons. The third kappa shape index (κ3) is 52.3. The molecule has 0 aliphatic carbocycles. The quantitative estimate of drug-likeness (QED) is 0.369. The van der Waals surface area contributed by atoms with Crippen molar-refractivity contribution >= 4 is 59.9 Å². The van der Waals surface area contributed by atoms with Crippen molar-refractivity contribution in [3.05, 3.63) is 6.92 Å². The van der Waals surface area contributed by atoms with Gasteiger partial charge in [-0.15, -0.1) is 0 Å². The summed E-state index contributed by atoms with van der Waals surface area (Å²) in [5.41, 5.74) is 0. The molecule has 0 amide bonds. The third-order valence-corrected chi connectivity index (χ3v) is 0. The van der Waals surface area contributed by atoms with Crippen LogP contribution in [0.1, 0.15) is 13.3 Å². The average molecular weight is 475 g/mol. The van der Waals surface area contributed by atoms with Crippen molar-refractivity contribution in [2.75, 3.05) is 0 Å². The molecule has 0 N–H and O–H groups in total. The van der Waals surface area contributed by atoms with Crippen molar-refractivity contribution in [1.29, 1.82) is 0 Å². The molecule has 0 radical (unpaired) electrons. The van der Waals surface area contributed by atoms with E-state index >= 15 is 0 Å². The maximum absolute atomic E-state index is 3.49. The van der Waals surface area contributed by atoms with Crippen molar-refractivity contribution in [3.63, 3.8) is 0 Å². The second-order valence-corrected chi connectivity index (χ2v) is 36.1. The van der Waals surface area contributed by atoms with Gasteiger partial charge in [0.2, 0.25) is 0 Å². The van der Waals surface area contributed by atoms with Crippen LogP contribution < -0.4 is 0 Å². The first-order valence-electron chi connectivity index (χ1n) is 1.71. The molecule has 7 heavy (non-hydrogen) atoms. The van der Waals surface area contributed by atoms with Gasteiger partial charge in [-0.1, -0.05) is 6.92 Å². The summed E-state index contributed by atoms with van der Waals surface area (Å²) in [6, 6.07) is 0. The van der Waals surface area contributed by atoms with E-state index in [1.807, 2.05) is 6.92 Å². The van der Waals surface area contributed by atoms with Crippen LogP contribution in [0.25, 0.3) is 0 Å². The second-order valence-electron chi connectivity index (χ2n) is 0.692. The molecular weight excluding hydrogens is 468 g/mol. The Kier molecular flexibility index (Phi) is 20.6. The molecule has 0 fully saturated rings. The third-order valence-electron chi connectivity index (χ3n) is 0. The number of hydrogen-bond acceptors (Lipinski definition) is 0. The maximum atomic E-state index is 3.49. The summed E-state index contributed by atoms with van der Waals surface area (Å²) < 4.78 is 0. The summed E-state index contributed by atoms with van der Waals surface area (Å²) in [6.45, 7) is 5.50. The van der Waals surface area contributed by atoms with Crippen molar-refractivity contribution in [3.8, 4) is 0 Å². The van der Waals surface area contributed by atoms with Gasteiger partial charge in [-0.05, 0) is 0 Å². The molecule has 0 aromatic carbocycles. The molecule has 0 rings (SSSR count). The Morgan fingerprint density at radius 2 is 1.43 bits per heavy atom.